The van der Waals surface area contributed by atoms with Crippen LogP contribution in [0.4, 0.5) is 5.69 Å². The van der Waals surface area contributed by atoms with Gasteiger partial charge in [0.15, 0.2) is 6.10 Å². The van der Waals surface area contributed by atoms with Crippen molar-refractivity contribution in [3.05, 3.63) is 65.7 Å². The molecular formula is C22H24N2O3. The summed E-state index contributed by atoms with van der Waals surface area (Å²) >= 11 is 0. The van der Waals surface area contributed by atoms with E-state index in [0.717, 1.165) is 31.4 Å². The van der Waals surface area contributed by atoms with Crippen molar-refractivity contribution >= 4 is 17.5 Å². The summed E-state index contributed by atoms with van der Waals surface area (Å²) in [5.74, 6) is -0.125. The number of anilines is 1. The van der Waals surface area contributed by atoms with Gasteiger partial charge in [-0.2, -0.15) is 0 Å². The van der Waals surface area contributed by atoms with Crippen molar-refractivity contribution in [1.29, 1.82) is 0 Å². The van der Waals surface area contributed by atoms with E-state index < -0.39 is 6.10 Å². The van der Waals surface area contributed by atoms with Gasteiger partial charge in [-0.15, -0.1) is 0 Å². The minimum atomic E-state index is -0.570. The molecule has 2 saturated heterocycles. The highest BCUT2D eigenvalue weighted by Crippen LogP contribution is 2.29. The molecule has 0 aromatic heterocycles. The van der Waals surface area contributed by atoms with E-state index in [2.05, 4.69) is 41.7 Å². The standard InChI is InChI=1S/C22H24N2O3/c25-20-14-21-24(20)15-19(27-21)22(26)23-18-12-10-17(11-13-18)9-5-4-8-16-6-2-1-3-7-16/h1-3,6-7,10-13,19,21H,4-5,8-9,14-15H2,(H,23,26)/t19-,21+/m1/s1. The molecule has 0 aliphatic carbocycles. The Bertz CT molecular complexity index is 804. The average Bonchev–Trinajstić information content (AvgIpc) is 3.04. The molecule has 5 heteroatoms. The molecule has 0 spiro atoms. The number of carbonyl (C=O) groups excluding carboxylic acids is 2. The number of hydrogen-bond donors (Lipinski definition) is 1. The largest absolute Gasteiger partial charge is 0.343 e. The number of unbranched alkanes of at least 4 members (excludes halogenated alkanes) is 1. The second-order valence-corrected chi connectivity index (χ2v) is 7.21. The molecule has 2 heterocycles. The van der Waals surface area contributed by atoms with Crippen LogP contribution < -0.4 is 5.32 Å². The molecule has 27 heavy (non-hydrogen) atoms. The van der Waals surface area contributed by atoms with Gasteiger partial charge in [0.05, 0.1) is 13.0 Å². The van der Waals surface area contributed by atoms with Crippen LogP contribution in [0, 0.1) is 0 Å². The third-order valence-corrected chi connectivity index (χ3v) is 5.24. The first-order chi connectivity index (χ1) is 13.2. The predicted molar refractivity (Wildman–Crippen MR) is 103 cm³/mol. The number of fused-ring (bicyclic) bond motifs is 1. The van der Waals surface area contributed by atoms with Crippen molar-refractivity contribution in [3.63, 3.8) is 0 Å². The first-order valence-corrected chi connectivity index (χ1v) is 9.58. The Labute approximate surface area is 159 Å². The van der Waals surface area contributed by atoms with Crippen molar-refractivity contribution < 1.29 is 14.3 Å². The molecule has 0 unspecified atom stereocenters. The number of amides is 2. The second kappa shape index (κ2) is 7.92. The monoisotopic (exact) mass is 364 g/mol. The van der Waals surface area contributed by atoms with Crippen LogP contribution in [0.1, 0.15) is 30.4 Å². The van der Waals surface area contributed by atoms with Crippen molar-refractivity contribution in [2.75, 3.05) is 11.9 Å². The van der Waals surface area contributed by atoms with Gasteiger partial charge in [-0.25, -0.2) is 0 Å². The summed E-state index contributed by atoms with van der Waals surface area (Å²) < 4.78 is 5.58. The molecular weight excluding hydrogens is 340 g/mol. The van der Waals surface area contributed by atoms with Gasteiger partial charge < -0.3 is 15.0 Å². The number of nitrogens with one attached hydrogen (secondary N) is 1. The van der Waals surface area contributed by atoms with E-state index in [0.29, 0.717) is 13.0 Å². The van der Waals surface area contributed by atoms with Crippen LogP contribution in [0.2, 0.25) is 0 Å². The average molecular weight is 364 g/mol. The summed E-state index contributed by atoms with van der Waals surface area (Å²) in [5, 5.41) is 2.88. The molecule has 1 N–H and O–H groups in total. The number of nitrogens with zero attached hydrogens (tertiary/aromatic N) is 1. The lowest BCUT2D eigenvalue weighted by atomic mass is 10.0. The molecule has 2 aromatic carbocycles. The number of β-lactam (4-membered cyclic amide) rings is 1. The number of rotatable bonds is 7. The zero-order chi connectivity index (χ0) is 18.6. The fourth-order valence-corrected chi connectivity index (χ4v) is 3.60. The topological polar surface area (TPSA) is 58.6 Å². The third kappa shape index (κ3) is 4.19. The summed E-state index contributed by atoms with van der Waals surface area (Å²) in [4.78, 5) is 25.3. The van der Waals surface area contributed by atoms with Crippen LogP contribution in [0.15, 0.2) is 54.6 Å². The van der Waals surface area contributed by atoms with Gasteiger partial charge >= 0.3 is 0 Å². The van der Waals surface area contributed by atoms with E-state index >= 15 is 0 Å². The van der Waals surface area contributed by atoms with E-state index in [1.54, 1.807) is 4.90 Å². The maximum atomic E-state index is 12.3. The molecule has 5 nitrogen and oxygen atoms in total. The fourth-order valence-electron chi connectivity index (χ4n) is 3.60. The van der Waals surface area contributed by atoms with Crippen LogP contribution in [0.3, 0.4) is 0 Å². The van der Waals surface area contributed by atoms with Gasteiger partial charge in [0.2, 0.25) is 5.91 Å². The first-order valence-electron chi connectivity index (χ1n) is 9.58. The quantitative estimate of drug-likeness (QED) is 0.606. The molecule has 4 rings (SSSR count). The van der Waals surface area contributed by atoms with Gasteiger partial charge in [-0.3, -0.25) is 9.59 Å². The normalized spacial score (nSPS) is 20.9. The van der Waals surface area contributed by atoms with Crippen LogP contribution >= 0.6 is 0 Å². The molecule has 2 aromatic rings. The molecule has 2 amide bonds. The van der Waals surface area contributed by atoms with Crippen molar-refractivity contribution in [2.24, 2.45) is 0 Å². The molecule has 0 saturated carbocycles. The Hall–Kier alpha value is -2.66. The fraction of sp³-hybridized carbons (Fsp3) is 0.364. The highest BCUT2D eigenvalue weighted by Gasteiger charge is 2.47. The van der Waals surface area contributed by atoms with Crippen LogP contribution in [0.25, 0.3) is 0 Å². The summed E-state index contributed by atoms with van der Waals surface area (Å²) in [6, 6.07) is 18.5. The minimum absolute atomic E-state index is 0.0620. The van der Waals surface area contributed by atoms with E-state index in [4.69, 9.17) is 4.74 Å². The minimum Gasteiger partial charge on any atom is -0.343 e. The summed E-state index contributed by atoms with van der Waals surface area (Å²) in [5.41, 5.74) is 3.42. The van der Waals surface area contributed by atoms with Crippen molar-refractivity contribution in [2.45, 2.75) is 44.4 Å². The van der Waals surface area contributed by atoms with E-state index in [9.17, 15) is 9.59 Å². The molecule has 2 fully saturated rings. The van der Waals surface area contributed by atoms with Crippen LogP contribution in [0.5, 0.6) is 0 Å². The van der Waals surface area contributed by atoms with Crippen molar-refractivity contribution in [1.82, 2.24) is 4.90 Å². The van der Waals surface area contributed by atoms with E-state index in [1.165, 1.54) is 11.1 Å². The second-order valence-electron chi connectivity index (χ2n) is 7.21. The molecule has 0 bridgehead atoms. The first kappa shape index (κ1) is 17.7. The number of benzene rings is 2. The number of carbonyl (C=O) groups is 2. The lowest BCUT2D eigenvalue weighted by Crippen LogP contribution is -2.48. The zero-order valence-corrected chi connectivity index (χ0v) is 15.3. The number of ether oxygens (including phenoxy) is 1. The van der Waals surface area contributed by atoms with Gasteiger partial charge in [0.1, 0.15) is 6.23 Å². The summed E-state index contributed by atoms with van der Waals surface area (Å²) in [6.45, 7) is 0.356. The highest BCUT2D eigenvalue weighted by molar-refractivity contribution is 5.95. The van der Waals surface area contributed by atoms with Gasteiger partial charge in [-0.1, -0.05) is 42.5 Å². The summed E-state index contributed by atoms with van der Waals surface area (Å²) in [6.07, 6.45) is 4.07. The molecule has 2 aliphatic rings. The maximum absolute atomic E-state index is 12.3. The summed E-state index contributed by atoms with van der Waals surface area (Å²) in [7, 11) is 0. The smallest absolute Gasteiger partial charge is 0.255 e. The maximum Gasteiger partial charge on any atom is 0.255 e. The predicted octanol–water partition coefficient (Wildman–Crippen LogP) is 3.15. The van der Waals surface area contributed by atoms with E-state index in [1.807, 2.05) is 18.2 Å². The Morgan fingerprint density at radius 3 is 2.30 bits per heavy atom. The number of aryl methyl sites for hydroxylation is 2. The highest BCUT2D eigenvalue weighted by atomic mass is 16.5. The lowest BCUT2D eigenvalue weighted by Gasteiger charge is -2.31. The third-order valence-electron chi connectivity index (χ3n) is 5.24. The molecule has 2 aliphatic heterocycles. The molecule has 2 atom stereocenters. The van der Waals surface area contributed by atoms with Crippen LogP contribution in [-0.2, 0) is 27.2 Å². The van der Waals surface area contributed by atoms with E-state index in [-0.39, 0.29) is 18.0 Å². The van der Waals surface area contributed by atoms with Gasteiger partial charge in [-0.05, 0) is 48.9 Å². The van der Waals surface area contributed by atoms with Crippen molar-refractivity contribution in [3.8, 4) is 0 Å². The van der Waals surface area contributed by atoms with Gasteiger partial charge in [0.25, 0.3) is 5.91 Å². The molecule has 140 valence electrons. The lowest BCUT2D eigenvalue weighted by molar-refractivity contribution is -0.157. The SMILES string of the molecule is O=C(Nc1ccc(CCCCc2ccccc2)cc1)[C@H]1CN2C(=O)C[C@@H]2O1. The molecule has 0 radical (unpaired) electrons. The Morgan fingerprint density at radius 1 is 1.00 bits per heavy atom. The Morgan fingerprint density at radius 2 is 1.67 bits per heavy atom. The zero-order valence-electron chi connectivity index (χ0n) is 15.3. The number of hydrogen-bond acceptors (Lipinski definition) is 3. The Balaban J connectivity index is 1.20. The van der Waals surface area contributed by atoms with Crippen LogP contribution in [-0.4, -0.2) is 35.6 Å². The van der Waals surface area contributed by atoms with Gasteiger partial charge in [0, 0.05) is 5.69 Å². The Kier molecular flexibility index (Phi) is 5.21.